The van der Waals surface area contributed by atoms with Gasteiger partial charge in [-0.25, -0.2) is 0 Å². The van der Waals surface area contributed by atoms with Crippen LogP contribution in [0.1, 0.15) is 43.7 Å². The van der Waals surface area contributed by atoms with Crippen LogP contribution in [0.2, 0.25) is 0 Å². The monoisotopic (exact) mass is 324 g/mol. The molecule has 2 aromatic rings. The molecule has 3 rings (SSSR count). The lowest BCUT2D eigenvalue weighted by molar-refractivity contribution is 0.101. The van der Waals surface area contributed by atoms with E-state index in [9.17, 15) is 15.0 Å². The third-order valence-electron chi connectivity index (χ3n) is 5.12. The Kier molecular flexibility index (Phi) is 3.63. The van der Waals surface area contributed by atoms with Crippen molar-refractivity contribution in [2.45, 2.75) is 34.6 Å². The molecule has 0 spiro atoms. The Balaban J connectivity index is 2.16. The normalized spacial score (nSPS) is 14.9. The van der Waals surface area contributed by atoms with Crippen molar-refractivity contribution in [3.63, 3.8) is 0 Å². The molecule has 4 nitrogen and oxygen atoms in total. The maximum absolute atomic E-state index is 12.5. The molecule has 1 aliphatic rings. The number of Topliss-reactive ketones (excluding diaryl/α,β-unsaturated/α-hetero) is 1. The highest BCUT2D eigenvalue weighted by atomic mass is 16.5. The minimum absolute atomic E-state index is 0.0158. The summed E-state index contributed by atoms with van der Waals surface area (Å²) in [7, 11) is 0. The predicted molar refractivity (Wildman–Crippen MR) is 92.8 cm³/mol. The smallest absolute Gasteiger partial charge is 0.232 e. The Bertz CT molecular complexity index is 891. The molecule has 4 heteroatoms. The zero-order valence-electron chi connectivity index (χ0n) is 14.4. The van der Waals surface area contributed by atoms with Crippen LogP contribution < -0.4 is 4.74 Å². The van der Waals surface area contributed by atoms with Crippen molar-refractivity contribution in [2.75, 3.05) is 0 Å². The zero-order valence-corrected chi connectivity index (χ0v) is 14.4. The average molecular weight is 324 g/mol. The summed E-state index contributed by atoms with van der Waals surface area (Å²) in [5.74, 6) is -0.844. The van der Waals surface area contributed by atoms with Crippen LogP contribution in [0.4, 0.5) is 0 Å². The molecule has 0 aromatic heterocycles. The van der Waals surface area contributed by atoms with Crippen LogP contribution in [0, 0.1) is 34.6 Å². The number of aromatic hydroxyl groups is 2. The van der Waals surface area contributed by atoms with Crippen LogP contribution in [-0.2, 0) is 0 Å². The first-order valence-corrected chi connectivity index (χ1v) is 7.80. The van der Waals surface area contributed by atoms with E-state index in [0.717, 1.165) is 16.7 Å². The van der Waals surface area contributed by atoms with Gasteiger partial charge in [-0.2, -0.15) is 0 Å². The van der Waals surface area contributed by atoms with Gasteiger partial charge in [-0.15, -0.1) is 0 Å². The van der Waals surface area contributed by atoms with E-state index in [4.69, 9.17) is 4.74 Å². The molecule has 0 unspecified atom stereocenters. The third kappa shape index (κ3) is 2.18. The number of fused-ring (bicyclic) bond motifs is 1. The van der Waals surface area contributed by atoms with Crippen molar-refractivity contribution < 1.29 is 19.7 Å². The van der Waals surface area contributed by atoms with Crippen LogP contribution in [0.3, 0.4) is 0 Å². The fraction of sp³-hybridized carbons (Fsp3) is 0.250. The molecule has 2 N–H and O–H groups in total. The lowest BCUT2D eigenvalue weighted by Crippen LogP contribution is -2.03. The molecule has 0 fully saturated rings. The maximum Gasteiger partial charge on any atom is 0.232 e. The van der Waals surface area contributed by atoms with Crippen LogP contribution in [-0.4, -0.2) is 16.0 Å². The van der Waals surface area contributed by atoms with Crippen molar-refractivity contribution >= 4 is 11.9 Å². The Morgan fingerprint density at radius 2 is 1.42 bits per heavy atom. The molecule has 0 radical (unpaired) electrons. The van der Waals surface area contributed by atoms with E-state index in [0.29, 0.717) is 0 Å². The Hall–Kier alpha value is -2.75. The van der Waals surface area contributed by atoms with Gasteiger partial charge in [0, 0.05) is 0 Å². The number of phenolic OH excluding ortho intramolecular Hbond substituents is 2. The van der Waals surface area contributed by atoms with Gasteiger partial charge in [-0.3, -0.25) is 4.79 Å². The van der Waals surface area contributed by atoms with Crippen LogP contribution in [0.25, 0.3) is 6.08 Å². The van der Waals surface area contributed by atoms with Crippen LogP contribution in [0.15, 0.2) is 17.9 Å². The predicted octanol–water partition coefficient (Wildman–Crippen LogP) is 4.26. The summed E-state index contributed by atoms with van der Waals surface area (Å²) in [6.45, 7) is 10.3. The topological polar surface area (TPSA) is 66.8 Å². The largest absolute Gasteiger partial charge is 0.504 e. The Labute approximate surface area is 141 Å². The zero-order chi connectivity index (χ0) is 17.8. The van der Waals surface area contributed by atoms with Gasteiger partial charge in [0.05, 0.1) is 5.56 Å². The van der Waals surface area contributed by atoms with Gasteiger partial charge >= 0.3 is 0 Å². The average Bonchev–Trinajstić information content (AvgIpc) is 2.88. The quantitative estimate of drug-likeness (QED) is 0.608. The number of hydrogen-bond acceptors (Lipinski definition) is 4. The summed E-state index contributed by atoms with van der Waals surface area (Å²) in [5.41, 5.74) is 7.03. The maximum atomic E-state index is 12.5. The third-order valence-corrected chi connectivity index (χ3v) is 5.12. The Morgan fingerprint density at radius 1 is 0.875 bits per heavy atom. The standard InChI is InChI=1S/C20H20O4/c1-9-10(2)12(4)15(13(5)11(9)3)8-17-18(22)14-6-7-16(21)19(23)20(14)24-17/h6-8,21,23H,1-5H3/b17-8-. The number of phenols is 2. The molecular formula is C20H20O4. The van der Waals surface area contributed by atoms with Crippen LogP contribution >= 0.6 is 0 Å². The fourth-order valence-corrected chi connectivity index (χ4v) is 3.10. The van der Waals surface area contributed by atoms with E-state index in [2.05, 4.69) is 20.8 Å². The minimum Gasteiger partial charge on any atom is -0.504 e. The first kappa shape index (κ1) is 16.1. The number of carbonyl (C=O) groups is 1. The van der Waals surface area contributed by atoms with Crippen molar-refractivity contribution in [1.82, 2.24) is 0 Å². The number of carbonyl (C=O) groups excluding carboxylic acids is 1. The highest BCUT2D eigenvalue weighted by Gasteiger charge is 2.31. The number of hydrogen-bond donors (Lipinski definition) is 2. The second-order valence-corrected chi connectivity index (χ2v) is 6.29. The van der Waals surface area contributed by atoms with Gasteiger partial charge in [0.15, 0.2) is 17.3 Å². The van der Waals surface area contributed by atoms with E-state index in [1.807, 2.05) is 13.8 Å². The van der Waals surface area contributed by atoms with E-state index in [1.165, 1.54) is 28.8 Å². The molecule has 2 aromatic carbocycles. The molecule has 0 amide bonds. The molecule has 24 heavy (non-hydrogen) atoms. The van der Waals surface area contributed by atoms with Crippen molar-refractivity contribution in [2.24, 2.45) is 0 Å². The summed E-state index contributed by atoms with van der Waals surface area (Å²) in [4.78, 5) is 12.5. The van der Waals surface area contributed by atoms with Gasteiger partial charge in [-0.1, -0.05) is 0 Å². The SMILES string of the molecule is Cc1c(C)c(C)c(/C=C2\Oc3c(ccc(O)c3O)C2=O)c(C)c1C. The molecular weight excluding hydrogens is 304 g/mol. The lowest BCUT2D eigenvalue weighted by atomic mass is 9.89. The van der Waals surface area contributed by atoms with Crippen LogP contribution in [0.5, 0.6) is 17.2 Å². The first-order chi connectivity index (χ1) is 11.2. The van der Waals surface area contributed by atoms with Gasteiger partial charge in [0.2, 0.25) is 11.5 Å². The van der Waals surface area contributed by atoms with Gasteiger partial charge in [0.25, 0.3) is 0 Å². The summed E-state index contributed by atoms with van der Waals surface area (Å²) >= 11 is 0. The number of rotatable bonds is 1. The number of allylic oxidation sites excluding steroid dienone is 1. The molecule has 0 bridgehead atoms. The summed E-state index contributed by atoms with van der Waals surface area (Å²) in [5, 5.41) is 19.5. The highest BCUT2D eigenvalue weighted by Crippen LogP contribution is 2.44. The Morgan fingerprint density at radius 3 is 2.00 bits per heavy atom. The minimum atomic E-state index is -0.408. The molecule has 0 saturated heterocycles. The second-order valence-electron chi connectivity index (χ2n) is 6.29. The van der Waals surface area contributed by atoms with E-state index in [-0.39, 0.29) is 28.6 Å². The van der Waals surface area contributed by atoms with E-state index in [1.54, 1.807) is 6.08 Å². The molecule has 1 aliphatic heterocycles. The number of ketones is 1. The van der Waals surface area contributed by atoms with Crippen molar-refractivity contribution in [3.8, 4) is 17.2 Å². The molecule has 0 aliphatic carbocycles. The van der Waals surface area contributed by atoms with E-state index < -0.39 is 5.75 Å². The number of benzene rings is 2. The van der Waals surface area contributed by atoms with Gasteiger partial charge in [0.1, 0.15) is 0 Å². The molecule has 124 valence electrons. The number of ether oxygens (including phenoxy) is 1. The van der Waals surface area contributed by atoms with Crippen molar-refractivity contribution in [1.29, 1.82) is 0 Å². The van der Waals surface area contributed by atoms with Gasteiger partial charge in [-0.05, 0) is 86.2 Å². The molecule has 1 heterocycles. The highest BCUT2D eigenvalue weighted by molar-refractivity contribution is 6.15. The van der Waals surface area contributed by atoms with Crippen molar-refractivity contribution in [3.05, 3.63) is 56.8 Å². The van der Waals surface area contributed by atoms with Gasteiger partial charge < -0.3 is 14.9 Å². The molecule has 0 atom stereocenters. The fourth-order valence-electron chi connectivity index (χ4n) is 3.10. The second kappa shape index (κ2) is 5.41. The first-order valence-electron chi connectivity index (χ1n) is 7.80. The summed E-state index contributed by atoms with van der Waals surface area (Å²) < 4.78 is 5.56. The summed E-state index contributed by atoms with van der Waals surface area (Å²) in [6.07, 6.45) is 1.73. The molecule has 0 saturated carbocycles. The summed E-state index contributed by atoms with van der Waals surface area (Å²) in [6, 6.07) is 2.74. The lowest BCUT2D eigenvalue weighted by Gasteiger charge is -2.16. The van der Waals surface area contributed by atoms with E-state index >= 15 is 0 Å².